The summed E-state index contributed by atoms with van der Waals surface area (Å²) in [7, 11) is 0. The van der Waals surface area contributed by atoms with Crippen molar-refractivity contribution in [3.63, 3.8) is 0 Å². The summed E-state index contributed by atoms with van der Waals surface area (Å²) in [6, 6.07) is 13.2. The summed E-state index contributed by atoms with van der Waals surface area (Å²) in [5, 5.41) is 22.5. The molecule has 0 aromatic heterocycles. The van der Waals surface area contributed by atoms with Gasteiger partial charge in [0.2, 0.25) is 11.9 Å². The van der Waals surface area contributed by atoms with Crippen molar-refractivity contribution in [1.82, 2.24) is 0 Å². The van der Waals surface area contributed by atoms with E-state index in [9.17, 15) is 29.5 Å². The molecule has 1 aliphatic carbocycles. The predicted molar refractivity (Wildman–Crippen MR) is 156 cm³/mol. The fraction of sp³-hybridized carbons (Fsp3) is 0.485. The van der Waals surface area contributed by atoms with Crippen LogP contribution in [0.15, 0.2) is 36.4 Å². The average Bonchev–Trinajstić information content (AvgIpc) is 3.82. The van der Waals surface area contributed by atoms with E-state index >= 15 is 0 Å². The fourth-order valence-corrected chi connectivity index (χ4v) is 5.47. The SMILES string of the molecule is CCOc1cc(C#N)c(Cc2ccc(C3CC3)cc2)cc1[C@]1(O)O[C@H](COC(C)=O)[C@@H](OC(C)=O)[C@H](OC(C)=O)[C@H]1OC(C)=O. The smallest absolute Gasteiger partial charge is 0.303 e. The van der Waals surface area contributed by atoms with Crippen LogP contribution in [-0.4, -0.2) is 66.6 Å². The number of hydrogen-bond acceptors (Lipinski definition) is 12. The minimum atomic E-state index is -2.61. The topological polar surface area (TPSA) is 168 Å². The Morgan fingerprint density at radius 3 is 2.09 bits per heavy atom. The molecule has 1 saturated heterocycles. The first-order valence-electron chi connectivity index (χ1n) is 14.7. The molecule has 1 N–H and O–H groups in total. The molecule has 2 fully saturated rings. The average molecular weight is 624 g/mol. The molecule has 2 aromatic carbocycles. The quantitative estimate of drug-likeness (QED) is 0.287. The molecule has 0 radical (unpaired) electrons. The summed E-state index contributed by atoms with van der Waals surface area (Å²) in [5.41, 5.74) is 2.86. The van der Waals surface area contributed by atoms with Crippen LogP contribution in [0.3, 0.4) is 0 Å². The van der Waals surface area contributed by atoms with Gasteiger partial charge in [0, 0.05) is 27.7 Å². The van der Waals surface area contributed by atoms with Crippen molar-refractivity contribution in [2.75, 3.05) is 13.2 Å². The molecule has 5 atom stereocenters. The third-order valence-corrected chi connectivity index (χ3v) is 7.49. The normalized spacial score (nSPS) is 24.1. The number of carbonyl (C=O) groups is 4. The molecule has 0 unspecified atom stereocenters. The van der Waals surface area contributed by atoms with E-state index < -0.39 is 60.7 Å². The number of aliphatic hydroxyl groups is 1. The van der Waals surface area contributed by atoms with Crippen molar-refractivity contribution in [2.45, 2.75) is 90.0 Å². The molecule has 4 rings (SSSR count). The van der Waals surface area contributed by atoms with Crippen molar-refractivity contribution in [1.29, 1.82) is 5.26 Å². The van der Waals surface area contributed by atoms with Crippen molar-refractivity contribution in [3.05, 3.63) is 64.2 Å². The van der Waals surface area contributed by atoms with Crippen LogP contribution < -0.4 is 4.74 Å². The zero-order chi connectivity index (χ0) is 32.9. The van der Waals surface area contributed by atoms with Crippen molar-refractivity contribution < 1.29 is 52.7 Å². The second-order valence-corrected chi connectivity index (χ2v) is 11.1. The summed E-state index contributed by atoms with van der Waals surface area (Å²) in [6.07, 6.45) is -3.66. The Bertz CT molecular complexity index is 1480. The Hall–Kier alpha value is -4.47. The van der Waals surface area contributed by atoms with Gasteiger partial charge in [0.25, 0.3) is 0 Å². The highest BCUT2D eigenvalue weighted by molar-refractivity contribution is 5.69. The lowest BCUT2D eigenvalue weighted by Crippen LogP contribution is -2.66. The minimum absolute atomic E-state index is 0.0280. The summed E-state index contributed by atoms with van der Waals surface area (Å²) < 4.78 is 33.6. The molecule has 12 nitrogen and oxygen atoms in total. The molecule has 0 amide bonds. The van der Waals surface area contributed by atoms with Gasteiger partial charge in [-0.3, -0.25) is 19.2 Å². The molecule has 45 heavy (non-hydrogen) atoms. The van der Waals surface area contributed by atoms with Gasteiger partial charge in [-0.2, -0.15) is 5.26 Å². The highest BCUT2D eigenvalue weighted by Crippen LogP contribution is 2.45. The lowest BCUT2D eigenvalue weighted by Gasteiger charge is -2.49. The lowest BCUT2D eigenvalue weighted by molar-refractivity contribution is -0.360. The first-order valence-corrected chi connectivity index (χ1v) is 14.7. The van der Waals surface area contributed by atoms with Crippen LogP contribution in [0.1, 0.15) is 81.2 Å². The van der Waals surface area contributed by atoms with E-state index in [1.807, 2.05) is 12.1 Å². The van der Waals surface area contributed by atoms with Gasteiger partial charge >= 0.3 is 23.9 Å². The summed E-state index contributed by atoms with van der Waals surface area (Å²) in [4.78, 5) is 48.6. The zero-order valence-electron chi connectivity index (χ0n) is 25.9. The Morgan fingerprint density at radius 2 is 1.56 bits per heavy atom. The van der Waals surface area contributed by atoms with E-state index in [2.05, 4.69) is 18.2 Å². The van der Waals surface area contributed by atoms with Gasteiger partial charge in [-0.25, -0.2) is 0 Å². The van der Waals surface area contributed by atoms with Crippen molar-refractivity contribution in [3.8, 4) is 11.8 Å². The van der Waals surface area contributed by atoms with E-state index in [4.69, 9.17) is 28.4 Å². The van der Waals surface area contributed by atoms with Gasteiger partial charge in [0.15, 0.2) is 12.2 Å². The highest BCUT2D eigenvalue weighted by Gasteiger charge is 2.61. The van der Waals surface area contributed by atoms with Crippen LogP contribution in [0.5, 0.6) is 5.75 Å². The van der Waals surface area contributed by atoms with Crippen molar-refractivity contribution in [2.24, 2.45) is 0 Å². The Kier molecular flexibility index (Phi) is 10.5. The maximum absolute atomic E-state index is 12.5. The van der Waals surface area contributed by atoms with Crippen LogP contribution in [0.25, 0.3) is 0 Å². The zero-order valence-corrected chi connectivity index (χ0v) is 25.9. The first-order chi connectivity index (χ1) is 21.4. The maximum atomic E-state index is 12.5. The second kappa shape index (κ2) is 14.1. The molecule has 1 saturated carbocycles. The van der Waals surface area contributed by atoms with E-state index in [1.165, 1.54) is 17.7 Å². The summed E-state index contributed by atoms with van der Waals surface area (Å²) in [6.45, 7) is 5.71. The van der Waals surface area contributed by atoms with Gasteiger partial charge in [-0.1, -0.05) is 24.3 Å². The second-order valence-electron chi connectivity index (χ2n) is 11.1. The van der Waals surface area contributed by atoms with Gasteiger partial charge in [-0.15, -0.1) is 0 Å². The summed E-state index contributed by atoms with van der Waals surface area (Å²) >= 11 is 0. The molecule has 240 valence electrons. The first kappa shape index (κ1) is 33.4. The molecule has 0 spiro atoms. The number of benzene rings is 2. The van der Waals surface area contributed by atoms with E-state index in [1.54, 1.807) is 6.92 Å². The number of carbonyl (C=O) groups excluding carboxylic acids is 4. The van der Waals surface area contributed by atoms with Crippen LogP contribution in [0.2, 0.25) is 0 Å². The van der Waals surface area contributed by atoms with Gasteiger partial charge in [0.05, 0.1) is 23.8 Å². The van der Waals surface area contributed by atoms with Gasteiger partial charge in [-0.05, 0) is 60.9 Å². The third-order valence-electron chi connectivity index (χ3n) is 7.49. The summed E-state index contributed by atoms with van der Waals surface area (Å²) in [5.74, 6) is -5.23. The molecule has 2 aromatic rings. The number of esters is 4. The molecule has 1 heterocycles. The molecule has 12 heteroatoms. The Morgan fingerprint density at radius 1 is 0.933 bits per heavy atom. The fourth-order valence-electron chi connectivity index (χ4n) is 5.47. The maximum Gasteiger partial charge on any atom is 0.303 e. The lowest BCUT2D eigenvalue weighted by atomic mass is 9.85. The molecular formula is C33H37NO11. The number of ether oxygens (including phenoxy) is 6. The van der Waals surface area contributed by atoms with Crippen LogP contribution in [-0.2, 0) is 55.1 Å². The predicted octanol–water partition coefficient (Wildman–Crippen LogP) is 3.33. The van der Waals surface area contributed by atoms with Gasteiger partial charge in [0.1, 0.15) is 18.5 Å². The van der Waals surface area contributed by atoms with Crippen LogP contribution in [0.4, 0.5) is 0 Å². The third kappa shape index (κ3) is 7.98. The Balaban J connectivity index is 1.89. The van der Waals surface area contributed by atoms with Crippen molar-refractivity contribution >= 4 is 23.9 Å². The minimum Gasteiger partial charge on any atom is -0.493 e. The molecule has 2 aliphatic rings. The molecule has 1 aliphatic heterocycles. The van der Waals surface area contributed by atoms with E-state index in [-0.39, 0.29) is 23.5 Å². The number of hydrogen-bond donors (Lipinski definition) is 1. The molecule has 0 bridgehead atoms. The highest BCUT2D eigenvalue weighted by atomic mass is 16.7. The van der Waals surface area contributed by atoms with Crippen LogP contribution in [0, 0.1) is 11.3 Å². The largest absolute Gasteiger partial charge is 0.493 e. The number of rotatable bonds is 11. The number of nitriles is 1. The Labute approximate surface area is 261 Å². The number of nitrogens with zero attached hydrogens (tertiary/aromatic N) is 1. The monoisotopic (exact) mass is 623 g/mol. The van der Waals surface area contributed by atoms with Crippen LogP contribution >= 0.6 is 0 Å². The van der Waals surface area contributed by atoms with E-state index in [0.717, 1.165) is 46.1 Å². The molecular weight excluding hydrogens is 586 g/mol. The van der Waals surface area contributed by atoms with Gasteiger partial charge < -0.3 is 33.5 Å². The standard InChI is InChI=1S/C33H37NO11/c1-6-40-28-15-26(16-34)25(13-22-7-9-23(10-8-22)24-11-12-24)14-27(28)33(39)32(44-21(5)38)31(43-20(4)37)30(42-19(3)36)29(45-33)17-41-18(2)35/h7-10,14-15,24,29-32,39H,6,11-13,17H2,1-5H3/t29-,30-,31+,32-,33+/m1/s1. The van der Waals surface area contributed by atoms with E-state index in [0.29, 0.717) is 17.9 Å².